The van der Waals surface area contributed by atoms with Crippen LogP contribution in [0, 0.1) is 5.92 Å². The molecule has 0 radical (unpaired) electrons. The summed E-state index contributed by atoms with van der Waals surface area (Å²) in [5, 5.41) is 9.00. The van der Waals surface area contributed by atoms with E-state index in [0.29, 0.717) is 12.6 Å². The summed E-state index contributed by atoms with van der Waals surface area (Å²) in [6, 6.07) is 0.687. The van der Waals surface area contributed by atoms with Gasteiger partial charge in [-0.15, -0.1) is 0 Å². The van der Waals surface area contributed by atoms with E-state index in [1.54, 1.807) is 0 Å². The van der Waals surface area contributed by atoms with Gasteiger partial charge in [-0.05, 0) is 44.7 Å². The Labute approximate surface area is 87.3 Å². The first-order chi connectivity index (χ1) is 6.90. The number of likely N-dealkylation sites (tertiary alicyclic amines) is 1. The van der Waals surface area contributed by atoms with Crippen molar-refractivity contribution in [2.75, 3.05) is 19.7 Å². The lowest BCUT2D eigenvalue weighted by atomic mass is 9.99. The van der Waals surface area contributed by atoms with Crippen LogP contribution in [0.5, 0.6) is 0 Å². The summed E-state index contributed by atoms with van der Waals surface area (Å²) in [4.78, 5) is 2.62. The lowest BCUT2D eigenvalue weighted by Crippen LogP contribution is -2.40. The summed E-state index contributed by atoms with van der Waals surface area (Å²) in [5.41, 5.74) is 0. The van der Waals surface area contributed by atoms with Crippen molar-refractivity contribution in [3.05, 3.63) is 0 Å². The van der Waals surface area contributed by atoms with Crippen LogP contribution in [0.3, 0.4) is 0 Å². The van der Waals surface area contributed by atoms with Gasteiger partial charge in [0.05, 0.1) is 0 Å². The van der Waals surface area contributed by atoms with E-state index in [1.807, 2.05) is 0 Å². The highest BCUT2D eigenvalue weighted by Gasteiger charge is 2.25. The minimum atomic E-state index is 0.366. The van der Waals surface area contributed by atoms with E-state index >= 15 is 0 Å². The van der Waals surface area contributed by atoms with Crippen LogP contribution in [0.1, 0.15) is 44.9 Å². The van der Waals surface area contributed by atoms with Gasteiger partial charge in [0.1, 0.15) is 0 Å². The van der Waals surface area contributed by atoms with Crippen molar-refractivity contribution >= 4 is 0 Å². The van der Waals surface area contributed by atoms with Crippen LogP contribution >= 0.6 is 0 Å². The number of nitrogens with zero attached hydrogens (tertiary/aromatic N) is 1. The van der Waals surface area contributed by atoms with Crippen LogP contribution < -0.4 is 0 Å². The van der Waals surface area contributed by atoms with Gasteiger partial charge in [0, 0.05) is 12.6 Å². The molecule has 0 aromatic rings. The topological polar surface area (TPSA) is 23.5 Å². The monoisotopic (exact) mass is 197 g/mol. The molecule has 2 aliphatic rings. The molecule has 2 nitrogen and oxygen atoms in total. The van der Waals surface area contributed by atoms with Gasteiger partial charge >= 0.3 is 0 Å². The Balaban J connectivity index is 1.72. The molecule has 1 saturated heterocycles. The molecule has 2 heteroatoms. The zero-order valence-corrected chi connectivity index (χ0v) is 9.12. The quantitative estimate of drug-likeness (QED) is 0.729. The molecule has 1 saturated carbocycles. The van der Waals surface area contributed by atoms with E-state index in [9.17, 15) is 0 Å². The Hall–Kier alpha value is -0.0800. The van der Waals surface area contributed by atoms with Crippen molar-refractivity contribution in [2.45, 2.75) is 51.0 Å². The second kappa shape index (κ2) is 5.13. The molecule has 0 aromatic carbocycles. The number of hydrogen-bond donors (Lipinski definition) is 1. The van der Waals surface area contributed by atoms with Crippen LogP contribution in [-0.4, -0.2) is 35.7 Å². The molecule has 1 atom stereocenters. The molecular weight excluding hydrogens is 174 g/mol. The summed E-state index contributed by atoms with van der Waals surface area (Å²) in [6.45, 7) is 2.93. The molecule has 2 rings (SSSR count). The lowest BCUT2D eigenvalue weighted by Gasteiger charge is -2.35. The van der Waals surface area contributed by atoms with E-state index in [0.717, 1.165) is 12.3 Å². The Morgan fingerprint density at radius 3 is 2.64 bits per heavy atom. The Morgan fingerprint density at radius 2 is 1.93 bits per heavy atom. The first-order valence-corrected chi connectivity index (χ1v) is 6.25. The highest BCUT2D eigenvalue weighted by Crippen LogP contribution is 2.33. The Morgan fingerprint density at radius 1 is 1.07 bits per heavy atom. The third kappa shape index (κ3) is 2.96. The van der Waals surface area contributed by atoms with E-state index in [-0.39, 0.29) is 0 Å². The molecule has 1 unspecified atom stereocenters. The zero-order valence-electron chi connectivity index (χ0n) is 9.12. The molecule has 2 fully saturated rings. The summed E-state index contributed by atoms with van der Waals surface area (Å²) in [7, 11) is 0. The van der Waals surface area contributed by atoms with Crippen molar-refractivity contribution in [1.29, 1.82) is 0 Å². The predicted octanol–water partition coefficient (Wildman–Crippen LogP) is 2.02. The summed E-state index contributed by atoms with van der Waals surface area (Å²) < 4.78 is 0. The number of aliphatic hydroxyl groups excluding tert-OH is 1. The molecule has 0 spiro atoms. The maximum atomic E-state index is 9.00. The second-order valence-corrected chi connectivity index (χ2v) is 4.93. The third-order valence-corrected chi connectivity index (χ3v) is 3.73. The van der Waals surface area contributed by atoms with Gasteiger partial charge in [-0.3, -0.25) is 0 Å². The molecule has 82 valence electrons. The van der Waals surface area contributed by atoms with Gasteiger partial charge in [0.15, 0.2) is 0 Å². The normalized spacial score (nSPS) is 29.4. The van der Waals surface area contributed by atoms with Crippen LogP contribution in [0.2, 0.25) is 0 Å². The maximum absolute atomic E-state index is 9.00. The Kier molecular flexibility index (Phi) is 3.82. The van der Waals surface area contributed by atoms with Gasteiger partial charge in [0.2, 0.25) is 0 Å². The van der Waals surface area contributed by atoms with E-state index < -0.39 is 0 Å². The van der Waals surface area contributed by atoms with Crippen molar-refractivity contribution in [1.82, 2.24) is 4.90 Å². The smallest absolute Gasteiger partial charge is 0.0445 e. The fourth-order valence-electron chi connectivity index (χ4n) is 2.59. The van der Waals surface area contributed by atoms with Crippen molar-refractivity contribution in [3.8, 4) is 0 Å². The zero-order chi connectivity index (χ0) is 9.80. The van der Waals surface area contributed by atoms with Gasteiger partial charge < -0.3 is 10.0 Å². The number of piperidine rings is 1. The molecule has 14 heavy (non-hydrogen) atoms. The molecule has 1 aliphatic carbocycles. The molecule has 0 amide bonds. The van der Waals surface area contributed by atoms with Gasteiger partial charge in [-0.2, -0.15) is 0 Å². The summed E-state index contributed by atoms with van der Waals surface area (Å²) >= 11 is 0. The molecular formula is C12H23NO. The van der Waals surface area contributed by atoms with Gasteiger partial charge in [-0.25, -0.2) is 0 Å². The van der Waals surface area contributed by atoms with Crippen molar-refractivity contribution in [3.63, 3.8) is 0 Å². The first kappa shape index (κ1) is 10.4. The van der Waals surface area contributed by atoms with Gasteiger partial charge in [0.25, 0.3) is 0 Å². The third-order valence-electron chi connectivity index (χ3n) is 3.73. The molecule has 1 aliphatic heterocycles. The standard InChI is InChI=1S/C12H23NO/c14-10-7-12-3-1-2-8-13(12)9-6-11-4-5-11/h11-12,14H,1-10H2. The van der Waals surface area contributed by atoms with Crippen molar-refractivity contribution in [2.24, 2.45) is 5.92 Å². The number of hydrogen-bond acceptors (Lipinski definition) is 2. The van der Waals surface area contributed by atoms with Crippen molar-refractivity contribution < 1.29 is 5.11 Å². The lowest BCUT2D eigenvalue weighted by molar-refractivity contribution is 0.116. The average molecular weight is 197 g/mol. The average Bonchev–Trinajstić information content (AvgIpc) is 3.01. The summed E-state index contributed by atoms with van der Waals surface area (Å²) in [6.07, 6.45) is 9.38. The minimum Gasteiger partial charge on any atom is -0.396 e. The fraction of sp³-hybridized carbons (Fsp3) is 1.00. The Bertz CT molecular complexity index is 166. The van der Waals surface area contributed by atoms with E-state index in [2.05, 4.69) is 4.90 Å². The van der Waals surface area contributed by atoms with Crippen LogP contribution in [0.25, 0.3) is 0 Å². The molecule has 1 heterocycles. The van der Waals surface area contributed by atoms with Crippen LogP contribution in [0.15, 0.2) is 0 Å². The van der Waals surface area contributed by atoms with Crippen LogP contribution in [0.4, 0.5) is 0 Å². The summed E-state index contributed by atoms with van der Waals surface area (Å²) in [5.74, 6) is 1.05. The largest absolute Gasteiger partial charge is 0.396 e. The van der Waals surface area contributed by atoms with Crippen LogP contribution in [-0.2, 0) is 0 Å². The molecule has 0 aromatic heterocycles. The molecule has 0 bridgehead atoms. The minimum absolute atomic E-state index is 0.366. The predicted molar refractivity (Wildman–Crippen MR) is 58.3 cm³/mol. The van der Waals surface area contributed by atoms with Gasteiger partial charge in [-0.1, -0.05) is 19.3 Å². The fourth-order valence-corrected chi connectivity index (χ4v) is 2.59. The maximum Gasteiger partial charge on any atom is 0.0445 e. The van der Waals surface area contributed by atoms with E-state index in [4.69, 9.17) is 5.11 Å². The highest BCUT2D eigenvalue weighted by atomic mass is 16.3. The second-order valence-electron chi connectivity index (χ2n) is 4.93. The SMILES string of the molecule is OCCC1CCCCN1CCC1CC1. The first-order valence-electron chi connectivity index (χ1n) is 6.25. The highest BCUT2D eigenvalue weighted by molar-refractivity contribution is 4.80. The number of rotatable bonds is 5. The molecule has 1 N–H and O–H groups in total. The van der Waals surface area contributed by atoms with E-state index in [1.165, 1.54) is 51.6 Å². The number of aliphatic hydroxyl groups is 1.